The van der Waals surface area contributed by atoms with Crippen molar-refractivity contribution < 1.29 is 9.90 Å². The summed E-state index contributed by atoms with van der Waals surface area (Å²) in [7, 11) is 0. The van der Waals surface area contributed by atoms with Crippen LogP contribution >= 0.6 is 0 Å². The molecule has 0 radical (unpaired) electrons. The molecule has 0 spiro atoms. The molecule has 0 aliphatic rings. The Bertz CT molecular complexity index is 301. The summed E-state index contributed by atoms with van der Waals surface area (Å²) in [4.78, 5) is 9.60. The number of hydrogen-bond acceptors (Lipinski definition) is 1. The molecule has 0 saturated carbocycles. The van der Waals surface area contributed by atoms with Crippen LogP contribution in [-0.2, 0) is 4.79 Å². The molecule has 0 amide bonds. The van der Waals surface area contributed by atoms with E-state index >= 15 is 0 Å². The second kappa shape index (κ2) is 11.2. The minimum absolute atomic E-state index is 0.176. The maximum absolute atomic E-state index is 9.60. The van der Waals surface area contributed by atoms with Crippen LogP contribution in [0.15, 0.2) is 49.1 Å². The van der Waals surface area contributed by atoms with E-state index in [4.69, 9.17) is 5.11 Å². The highest BCUT2D eigenvalue weighted by molar-refractivity contribution is 5.84. The van der Waals surface area contributed by atoms with Gasteiger partial charge in [-0.25, -0.2) is 4.79 Å². The van der Waals surface area contributed by atoms with Crippen molar-refractivity contribution in [3.8, 4) is 0 Å². The molecule has 1 aromatic rings. The molecule has 2 heteroatoms. The van der Waals surface area contributed by atoms with Crippen LogP contribution in [0.25, 0.3) is 6.08 Å². The molecule has 0 aliphatic carbocycles. The first kappa shape index (κ1) is 16.6. The van der Waals surface area contributed by atoms with Gasteiger partial charge in [-0.15, -0.1) is 0 Å². The minimum atomic E-state index is -0.935. The van der Waals surface area contributed by atoms with Crippen LogP contribution in [0.2, 0.25) is 0 Å². The third-order valence-corrected chi connectivity index (χ3v) is 1.40. The highest BCUT2D eigenvalue weighted by Gasteiger charge is 1.90. The average molecular weight is 220 g/mol. The zero-order valence-corrected chi connectivity index (χ0v) is 10.2. The van der Waals surface area contributed by atoms with Gasteiger partial charge in [0.15, 0.2) is 0 Å². The van der Waals surface area contributed by atoms with Crippen molar-refractivity contribution in [1.29, 1.82) is 0 Å². The zero-order valence-electron chi connectivity index (χ0n) is 10.2. The van der Waals surface area contributed by atoms with Gasteiger partial charge in [-0.2, -0.15) is 0 Å². The van der Waals surface area contributed by atoms with Gasteiger partial charge >= 0.3 is 5.97 Å². The van der Waals surface area contributed by atoms with Gasteiger partial charge in [-0.3, -0.25) is 0 Å². The van der Waals surface area contributed by atoms with Crippen LogP contribution in [0.1, 0.15) is 26.3 Å². The van der Waals surface area contributed by atoms with E-state index in [2.05, 4.69) is 13.2 Å². The lowest BCUT2D eigenvalue weighted by Crippen LogP contribution is -1.92. The summed E-state index contributed by atoms with van der Waals surface area (Å²) in [6, 6.07) is 10.0. The maximum Gasteiger partial charge on any atom is 0.330 e. The van der Waals surface area contributed by atoms with Crippen LogP contribution < -0.4 is 0 Å². The van der Waals surface area contributed by atoms with Crippen molar-refractivity contribution in [3.63, 3.8) is 0 Å². The molecule has 2 nitrogen and oxygen atoms in total. The van der Waals surface area contributed by atoms with Crippen LogP contribution in [0.3, 0.4) is 0 Å². The first-order valence-electron chi connectivity index (χ1n) is 5.14. The maximum atomic E-state index is 9.60. The van der Waals surface area contributed by atoms with Gasteiger partial charge in [0.25, 0.3) is 0 Å². The molecule has 16 heavy (non-hydrogen) atoms. The van der Waals surface area contributed by atoms with E-state index < -0.39 is 5.97 Å². The summed E-state index contributed by atoms with van der Waals surface area (Å²) in [6.07, 6.45) is 1.83. The lowest BCUT2D eigenvalue weighted by atomic mass is 10.2. The van der Waals surface area contributed by atoms with Crippen molar-refractivity contribution >= 4 is 12.0 Å². The number of hydrogen-bond donors (Lipinski definition) is 1. The number of carbonyl (C=O) groups is 1. The smallest absolute Gasteiger partial charge is 0.330 e. The summed E-state index contributed by atoms with van der Waals surface area (Å²) >= 11 is 0. The predicted octanol–water partition coefficient (Wildman–Crippen LogP) is 4.00. The van der Waals surface area contributed by atoms with Crippen LogP contribution in [0.5, 0.6) is 0 Å². The summed E-state index contributed by atoms with van der Waals surface area (Å²) in [6.45, 7) is 12.2. The molecule has 0 fully saturated rings. The van der Waals surface area contributed by atoms with E-state index in [0.717, 1.165) is 0 Å². The first-order chi connectivity index (χ1) is 7.57. The standard InChI is InChI=1S/C8H8.C4H6O2.C2H6/c1-2-8-6-4-3-5-7-8;1-3(2)4(5)6;1-2/h2-7H,1H2;1H2,2H3,(H,5,6);1-2H3. The van der Waals surface area contributed by atoms with Crippen molar-refractivity contribution in [1.82, 2.24) is 0 Å². The van der Waals surface area contributed by atoms with Crippen LogP contribution in [0, 0.1) is 0 Å². The van der Waals surface area contributed by atoms with Gasteiger partial charge < -0.3 is 5.11 Å². The van der Waals surface area contributed by atoms with Gasteiger partial charge in [-0.1, -0.05) is 63.4 Å². The summed E-state index contributed by atoms with van der Waals surface area (Å²) in [5, 5.41) is 7.89. The molecule has 0 bridgehead atoms. The second-order valence-electron chi connectivity index (χ2n) is 2.70. The van der Waals surface area contributed by atoms with E-state index in [9.17, 15) is 4.79 Å². The Morgan fingerprint density at radius 2 is 1.62 bits per heavy atom. The SMILES string of the molecule is C=C(C)C(=O)O.C=Cc1ccccc1.CC. The van der Waals surface area contributed by atoms with E-state index in [-0.39, 0.29) is 5.57 Å². The highest BCUT2D eigenvalue weighted by atomic mass is 16.4. The minimum Gasteiger partial charge on any atom is -0.478 e. The van der Waals surface area contributed by atoms with Crippen molar-refractivity contribution in [2.24, 2.45) is 0 Å². The molecule has 1 N–H and O–H groups in total. The predicted molar refractivity (Wildman–Crippen MR) is 70.3 cm³/mol. The van der Waals surface area contributed by atoms with Crippen molar-refractivity contribution in [3.05, 3.63) is 54.6 Å². The highest BCUT2D eigenvalue weighted by Crippen LogP contribution is 1.97. The number of carboxylic acid groups (broad SMARTS) is 1. The molecule has 1 aromatic carbocycles. The Morgan fingerprint density at radius 1 is 1.25 bits per heavy atom. The lowest BCUT2D eigenvalue weighted by Gasteiger charge is -1.85. The number of aliphatic carboxylic acids is 1. The average Bonchev–Trinajstić information content (AvgIpc) is 2.33. The third-order valence-electron chi connectivity index (χ3n) is 1.40. The first-order valence-corrected chi connectivity index (χ1v) is 5.14. The molecule has 0 aromatic heterocycles. The molecule has 0 saturated heterocycles. The molecular weight excluding hydrogens is 200 g/mol. The molecular formula is C14H20O2. The molecule has 0 atom stereocenters. The lowest BCUT2D eigenvalue weighted by molar-refractivity contribution is -0.132. The van der Waals surface area contributed by atoms with E-state index in [0.29, 0.717) is 0 Å². The molecule has 1 rings (SSSR count). The number of carboxylic acids is 1. The fourth-order valence-electron chi connectivity index (χ4n) is 0.589. The van der Waals surface area contributed by atoms with Gasteiger partial charge in [-0.05, 0) is 12.5 Å². The van der Waals surface area contributed by atoms with E-state index in [1.54, 1.807) is 0 Å². The van der Waals surface area contributed by atoms with Gasteiger partial charge in [0.2, 0.25) is 0 Å². The Hall–Kier alpha value is -1.83. The van der Waals surface area contributed by atoms with Crippen molar-refractivity contribution in [2.45, 2.75) is 20.8 Å². The zero-order chi connectivity index (χ0) is 13.0. The Morgan fingerprint density at radius 3 is 1.81 bits per heavy atom. The summed E-state index contributed by atoms with van der Waals surface area (Å²) in [5.41, 5.74) is 1.35. The third kappa shape index (κ3) is 10.3. The Kier molecular flexibility index (Phi) is 11.7. The molecule has 0 heterocycles. The summed E-state index contributed by atoms with van der Waals surface area (Å²) in [5.74, 6) is -0.935. The van der Waals surface area contributed by atoms with Crippen molar-refractivity contribution in [2.75, 3.05) is 0 Å². The molecule has 88 valence electrons. The number of benzene rings is 1. The van der Waals surface area contributed by atoms with Gasteiger partial charge in [0.05, 0.1) is 0 Å². The van der Waals surface area contributed by atoms with E-state index in [1.165, 1.54) is 12.5 Å². The van der Waals surface area contributed by atoms with Gasteiger partial charge in [0, 0.05) is 5.57 Å². The molecule has 0 unspecified atom stereocenters. The Labute approximate surface area is 97.9 Å². The van der Waals surface area contributed by atoms with E-state index in [1.807, 2.05) is 50.3 Å². The fraction of sp³-hybridized carbons (Fsp3) is 0.214. The number of rotatable bonds is 2. The normalized spacial score (nSPS) is 7.44. The second-order valence-corrected chi connectivity index (χ2v) is 2.70. The summed E-state index contributed by atoms with van der Waals surface area (Å²) < 4.78 is 0. The molecule has 0 aliphatic heterocycles. The topological polar surface area (TPSA) is 37.3 Å². The largest absolute Gasteiger partial charge is 0.478 e. The quantitative estimate of drug-likeness (QED) is 0.765. The van der Waals surface area contributed by atoms with Gasteiger partial charge in [0.1, 0.15) is 0 Å². The monoisotopic (exact) mass is 220 g/mol. The Balaban J connectivity index is 0. The fourth-order valence-corrected chi connectivity index (χ4v) is 0.589. The van der Waals surface area contributed by atoms with Crippen LogP contribution in [-0.4, -0.2) is 11.1 Å². The van der Waals surface area contributed by atoms with Crippen LogP contribution in [0.4, 0.5) is 0 Å².